The van der Waals surface area contributed by atoms with Crippen LogP contribution in [0.2, 0.25) is 0 Å². The van der Waals surface area contributed by atoms with Gasteiger partial charge in [0.15, 0.2) is 5.82 Å². The van der Waals surface area contributed by atoms with Crippen LogP contribution in [0.1, 0.15) is 10.4 Å². The van der Waals surface area contributed by atoms with E-state index in [-0.39, 0.29) is 5.58 Å². The zero-order valence-electron chi connectivity index (χ0n) is 20.0. The number of carbonyl (C=O) groups is 1. The average Bonchev–Trinajstić information content (AvgIpc) is 2.99. The zero-order valence-corrected chi connectivity index (χ0v) is 20.8. The van der Waals surface area contributed by atoms with Gasteiger partial charge in [0.1, 0.15) is 11.1 Å². The van der Waals surface area contributed by atoms with Gasteiger partial charge in [-0.25, -0.2) is 14.0 Å². The summed E-state index contributed by atoms with van der Waals surface area (Å²) in [7, 11) is -3.11. The summed E-state index contributed by atoms with van der Waals surface area (Å²) in [5.74, 6) is -7.31. The molecular weight excluding hydrogens is 556 g/mol. The number of fused-ring (bicyclic) bond motifs is 1. The first kappa shape index (κ1) is 26.6. The van der Waals surface area contributed by atoms with E-state index in [1.807, 2.05) is 0 Å². The van der Waals surface area contributed by atoms with Crippen molar-refractivity contribution in [2.45, 2.75) is 14.7 Å². The highest BCUT2D eigenvalue weighted by Crippen LogP contribution is 2.69. The lowest BCUT2D eigenvalue weighted by Gasteiger charge is -2.39. The fraction of sp³-hybridized carbons (Fsp3) is 0. The molecular formula is C28H16F4O7S. The Morgan fingerprint density at radius 2 is 1.30 bits per heavy atom. The van der Waals surface area contributed by atoms with E-state index in [1.54, 1.807) is 78.9 Å². The van der Waals surface area contributed by atoms with Crippen LogP contribution in [0.15, 0.2) is 121 Å². The minimum Gasteiger partial charge on any atom is -0.423 e. The van der Waals surface area contributed by atoms with Crippen molar-refractivity contribution >= 4 is 27.2 Å². The third kappa shape index (κ3) is 4.58. The predicted octanol–water partition coefficient (Wildman–Crippen LogP) is 7.78. The Balaban J connectivity index is 1.79. The third-order valence-electron chi connectivity index (χ3n) is 5.88. The molecule has 0 aliphatic carbocycles. The van der Waals surface area contributed by atoms with Gasteiger partial charge in [-0.15, -0.1) is 0 Å². The van der Waals surface area contributed by atoms with E-state index in [1.165, 1.54) is 12.1 Å². The molecule has 0 N–H and O–H groups in total. The van der Waals surface area contributed by atoms with Crippen molar-refractivity contribution in [3.63, 3.8) is 0 Å². The summed E-state index contributed by atoms with van der Waals surface area (Å²) in [5, 5.41) is 0.575. The molecule has 0 atom stereocenters. The lowest BCUT2D eigenvalue weighted by molar-refractivity contribution is -0.0580. The Hall–Kier alpha value is -4.97. The fourth-order valence-corrected chi connectivity index (χ4v) is 7.13. The smallest absolute Gasteiger partial charge is 0.352 e. The van der Waals surface area contributed by atoms with Gasteiger partial charge in [0.2, 0.25) is 5.75 Å². The molecule has 0 aliphatic rings. The Bertz CT molecular complexity index is 1710. The lowest BCUT2D eigenvalue weighted by Crippen LogP contribution is -2.15. The molecule has 0 amide bonds. The number of hydrogen-bond acceptors (Lipinski definition) is 7. The van der Waals surface area contributed by atoms with Crippen LogP contribution in [0.3, 0.4) is 0 Å². The molecule has 0 fully saturated rings. The van der Waals surface area contributed by atoms with E-state index >= 15 is 4.39 Å². The summed E-state index contributed by atoms with van der Waals surface area (Å²) in [5.41, 5.74) is -1.48. The summed E-state index contributed by atoms with van der Waals surface area (Å²) < 4.78 is 65.9. The van der Waals surface area contributed by atoms with E-state index in [4.69, 9.17) is 8.60 Å². The molecule has 204 valence electrons. The van der Waals surface area contributed by atoms with Crippen LogP contribution in [-0.4, -0.2) is 5.97 Å². The molecule has 5 aromatic rings. The largest absolute Gasteiger partial charge is 0.423 e. The van der Waals surface area contributed by atoms with E-state index in [9.17, 15) is 23.2 Å². The Labute approximate surface area is 224 Å². The van der Waals surface area contributed by atoms with Gasteiger partial charge >= 0.3 is 11.6 Å². The van der Waals surface area contributed by atoms with Crippen LogP contribution in [0.5, 0.6) is 17.2 Å². The quantitative estimate of drug-likeness (QED) is 0.139. The molecule has 0 bridgehead atoms. The van der Waals surface area contributed by atoms with E-state index < -0.39 is 50.5 Å². The number of halogens is 4. The number of carbonyl (C=O) groups excluding carboxylic acids is 1. The molecule has 40 heavy (non-hydrogen) atoms. The molecule has 4 aromatic carbocycles. The highest BCUT2D eigenvalue weighted by Gasteiger charge is 2.38. The molecule has 0 radical (unpaired) electrons. The topological polar surface area (TPSA) is 84.2 Å². The molecule has 0 unspecified atom stereocenters. The van der Waals surface area contributed by atoms with E-state index in [2.05, 4.69) is 14.8 Å². The van der Waals surface area contributed by atoms with Crippen LogP contribution in [0, 0.1) is 5.82 Å². The van der Waals surface area contributed by atoms with Crippen molar-refractivity contribution < 1.29 is 46.2 Å². The second-order valence-corrected chi connectivity index (χ2v) is 10.8. The molecule has 0 spiro atoms. The van der Waals surface area contributed by atoms with Gasteiger partial charge in [0.25, 0.3) is 11.5 Å². The highest BCUT2D eigenvalue weighted by atomic mass is 32.3. The van der Waals surface area contributed by atoms with E-state index in [0.717, 1.165) is 0 Å². The SMILES string of the molecule is O=C(OS(c1ccccc1)(c1ccccc1)c1ccc2ccc(=O)oc2c1)c1cc(OF)c(OF)c(OF)c1F. The third-order valence-corrected chi connectivity index (χ3v) is 9.07. The number of hydrogen-bond donors (Lipinski definition) is 0. The molecule has 5 rings (SSSR count). The van der Waals surface area contributed by atoms with Crippen molar-refractivity contribution in [3.8, 4) is 17.2 Å². The van der Waals surface area contributed by atoms with Crippen molar-refractivity contribution in [2.24, 2.45) is 0 Å². The molecule has 1 aromatic heterocycles. The van der Waals surface area contributed by atoms with Crippen molar-refractivity contribution in [2.75, 3.05) is 0 Å². The van der Waals surface area contributed by atoms with Gasteiger partial charge in [0.05, 0.1) is 0 Å². The minimum atomic E-state index is -3.11. The van der Waals surface area contributed by atoms with Crippen LogP contribution in [0.4, 0.5) is 18.0 Å². The fourth-order valence-electron chi connectivity index (χ4n) is 4.10. The minimum absolute atomic E-state index is 0.182. The number of benzene rings is 4. The molecule has 1 heterocycles. The standard InChI is InChI=1S/C28H16F4O7S/c29-25-21(16-23(36-30)26(37-31)27(25)38-32)28(34)39-40(18-7-3-1-4-8-18,19-9-5-2-6-10-19)20-13-11-17-12-14-24(33)35-22(17)15-20/h1-16H. The number of rotatable bonds is 8. The lowest BCUT2D eigenvalue weighted by atomic mass is 10.1. The summed E-state index contributed by atoms with van der Waals surface area (Å²) in [4.78, 5) is 36.9. The first-order chi connectivity index (χ1) is 19.4. The second kappa shape index (κ2) is 11.0. The molecule has 0 saturated heterocycles. The summed E-state index contributed by atoms with van der Waals surface area (Å²) in [6, 6.07) is 24.9. The maximum Gasteiger partial charge on any atom is 0.352 e. The second-order valence-electron chi connectivity index (χ2n) is 8.13. The van der Waals surface area contributed by atoms with Crippen LogP contribution in [-0.2, 0) is 4.18 Å². The maximum atomic E-state index is 15.2. The van der Waals surface area contributed by atoms with Crippen LogP contribution >= 0.6 is 10.3 Å². The Morgan fingerprint density at radius 1 is 0.700 bits per heavy atom. The summed E-state index contributed by atoms with van der Waals surface area (Å²) >= 11 is 0. The maximum absolute atomic E-state index is 15.2. The van der Waals surface area contributed by atoms with Crippen molar-refractivity contribution in [1.29, 1.82) is 0 Å². The monoisotopic (exact) mass is 572 g/mol. The van der Waals surface area contributed by atoms with Gasteiger partial charge in [0, 0.05) is 45.8 Å². The van der Waals surface area contributed by atoms with Gasteiger partial charge in [-0.2, -0.15) is 0 Å². The van der Waals surface area contributed by atoms with Crippen LogP contribution in [0.25, 0.3) is 11.0 Å². The summed E-state index contributed by atoms with van der Waals surface area (Å²) in [6.07, 6.45) is 0. The average molecular weight is 572 g/mol. The van der Waals surface area contributed by atoms with Gasteiger partial charge in [-0.3, -0.25) is 14.8 Å². The van der Waals surface area contributed by atoms with Crippen LogP contribution < -0.4 is 20.5 Å². The molecule has 7 nitrogen and oxygen atoms in total. The normalized spacial score (nSPS) is 11.6. The molecule has 0 aliphatic heterocycles. The van der Waals surface area contributed by atoms with Gasteiger partial charge in [-0.05, 0) is 52.8 Å². The Morgan fingerprint density at radius 3 is 1.88 bits per heavy atom. The Kier molecular flexibility index (Phi) is 7.34. The molecule has 0 saturated carbocycles. The molecule has 12 heteroatoms. The first-order valence-corrected chi connectivity index (χ1v) is 12.9. The predicted molar refractivity (Wildman–Crippen MR) is 135 cm³/mol. The highest BCUT2D eigenvalue weighted by molar-refractivity contribution is 8.30. The van der Waals surface area contributed by atoms with Gasteiger partial charge < -0.3 is 8.60 Å². The van der Waals surface area contributed by atoms with E-state index in [0.29, 0.717) is 26.1 Å². The van der Waals surface area contributed by atoms with Crippen molar-refractivity contribution in [3.05, 3.63) is 119 Å². The van der Waals surface area contributed by atoms with Crippen molar-refractivity contribution in [1.82, 2.24) is 0 Å². The first-order valence-electron chi connectivity index (χ1n) is 11.4. The van der Waals surface area contributed by atoms with Gasteiger partial charge in [-0.1, -0.05) is 42.5 Å². The zero-order chi connectivity index (χ0) is 28.3. The summed E-state index contributed by atoms with van der Waals surface area (Å²) in [6.45, 7) is 0.